The summed E-state index contributed by atoms with van der Waals surface area (Å²) in [5.41, 5.74) is 0.736. The first-order valence-corrected chi connectivity index (χ1v) is 7.74. The summed E-state index contributed by atoms with van der Waals surface area (Å²) in [6.07, 6.45) is 1.34. The maximum Gasteiger partial charge on any atom is 0.241 e. The third-order valence-corrected chi connectivity index (χ3v) is 4.22. The number of benzene rings is 1. The third-order valence-electron chi connectivity index (χ3n) is 2.72. The van der Waals surface area contributed by atoms with Gasteiger partial charge in [-0.15, -0.1) is 0 Å². The summed E-state index contributed by atoms with van der Waals surface area (Å²) >= 11 is 0. The van der Waals surface area contributed by atoms with Crippen molar-refractivity contribution in [1.82, 2.24) is 25.2 Å². The normalized spacial score (nSPS) is 11.7. The van der Waals surface area contributed by atoms with Gasteiger partial charge in [0.15, 0.2) is 0 Å². The second-order valence-electron chi connectivity index (χ2n) is 4.14. The molecule has 0 bridgehead atoms. The van der Waals surface area contributed by atoms with Crippen molar-refractivity contribution in [2.45, 2.75) is 24.9 Å². The van der Waals surface area contributed by atoms with Gasteiger partial charge in [0.05, 0.1) is 11.4 Å². The number of aromatic amines is 1. The molecule has 7 nitrogen and oxygen atoms in total. The van der Waals surface area contributed by atoms with Crippen LogP contribution in [0.3, 0.4) is 0 Å². The predicted octanol–water partition coefficient (Wildman–Crippen LogP) is 0.393. The molecule has 0 amide bonds. The minimum atomic E-state index is -3.58. The van der Waals surface area contributed by atoms with E-state index in [4.69, 9.17) is 0 Å². The molecule has 0 saturated carbocycles. The maximum absolute atomic E-state index is 12.3. The number of hydrogen-bond acceptors (Lipinski definition) is 5. The van der Waals surface area contributed by atoms with Gasteiger partial charge >= 0.3 is 0 Å². The van der Waals surface area contributed by atoms with Crippen LogP contribution in [-0.4, -0.2) is 30.1 Å². The molecule has 1 heterocycles. The van der Waals surface area contributed by atoms with Crippen LogP contribution in [-0.2, 0) is 23.1 Å². The number of hydrogen-bond donors (Lipinski definition) is 3. The fourth-order valence-electron chi connectivity index (χ4n) is 1.73. The van der Waals surface area contributed by atoms with Crippen LogP contribution in [0.4, 0.5) is 0 Å². The van der Waals surface area contributed by atoms with Crippen molar-refractivity contribution < 1.29 is 8.42 Å². The molecule has 0 atom stereocenters. The molecule has 2 rings (SSSR count). The molecule has 3 N–H and O–H groups in total. The zero-order valence-corrected chi connectivity index (χ0v) is 11.9. The number of nitrogens with zero attached hydrogens (tertiary/aromatic N) is 2. The molecule has 1 aromatic heterocycles. The molecule has 20 heavy (non-hydrogen) atoms. The van der Waals surface area contributed by atoms with E-state index >= 15 is 0 Å². The van der Waals surface area contributed by atoms with E-state index in [9.17, 15) is 8.42 Å². The second kappa shape index (κ2) is 6.60. The summed E-state index contributed by atoms with van der Waals surface area (Å²) in [5, 5.41) is 9.41. The highest BCUT2D eigenvalue weighted by atomic mass is 32.2. The Balaban J connectivity index is 2.16. The van der Waals surface area contributed by atoms with E-state index in [1.807, 2.05) is 13.0 Å². The number of aromatic nitrogens is 3. The Morgan fingerprint density at radius 2 is 2.05 bits per heavy atom. The first-order chi connectivity index (χ1) is 9.63. The Morgan fingerprint density at radius 1 is 1.25 bits per heavy atom. The van der Waals surface area contributed by atoms with Crippen LogP contribution in [0.25, 0.3) is 0 Å². The summed E-state index contributed by atoms with van der Waals surface area (Å²) in [7, 11) is -3.58. The SMILES string of the molecule is CCNCc1ccccc1S(=O)(=O)NCc1ncn[nH]1. The number of sulfonamides is 1. The molecular weight excluding hydrogens is 278 g/mol. The molecule has 0 radical (unpaired) electrons. The predicted molar refractivity (Wildman–Crippen MR) is 74.2 cm³/mol. The summed E-state index contributed by atoms with van der Waals surface area (Å²) in [5.74, 6) is 0.470. The Bertz CT molecular complexity index is 640. The summed E-state index contributed by atoms with van der Waals surface area (Å²) in [6, 6.07) is 6.92. The number of H-pyrrole nitrogens is 1. The quantitative estimate of drug-likeness (QED) is 0.686. The highest BCUT2D eigenvalue weighted by Crippen LogP contribution is 2.15. The van der Waals surface area contributed by atoms with Gasteiger partial charge < -0.3 is 5.32 Å². The van der Waals surface area contributed by atoms with Crippen LogP contribution in [0.5, 0.6) is 0 Å². The Kier molecular flexibility index (Phi) is 4.83. The van der Waals surface area contributed by atoms with Crippen molar-refractivity contribution in [1.29, 1.82) is 0 Å². The first kappa shape index (κ1) is 14.6. The molecule has 8 heteroatoms. The standard InChI is InChI=1S/C12H17N5O2S/c1-2-13-7-10-5-3-4-6-11(10)20(18,19)16-8-12-14-9-15-17-12/h3-6,9,13,16H,2,7-8H2,1H3,(H,14,15,17). The third kappa shape index (κ3) is 3.62. The van der Waals surface area contributed by atoms with Crippen molar-refractivity contribution in [3.63, 3.8) is 0 Å². The van der Waals surface area contributed by atoms with Crippen LogP contribution < -0.4 is 10.0 Å². The van der Waals surface area contributed by atoms with E-state index < -0.39 is 10.0 Å². The van der Waals surface area contributed by atoms with Crippen LogP contribution in [0.15, 0.2) is 35.5 Å². The lowest BCUT2D eigenvalue weighted by molar-refractivity contribution is 0.577. The van der Waals surface area contributed by atoms with Gasteiger partial charge in [-0.05, 0) is 18.2 Å². The lowest BCUT2D eigenvalue weighted by Crippen LogP contribution is -2.26. The lowest BCUT2D eigenvalue weighted by Gasteiger charge is -2.11. The molecule has 0 fully saturated rings. The Hall–Kier alpha value is -1.77. The van der Waals surface area contributed by atoms with Gasteiger partial charge in [0.2, 0.25) is 10.0 Å². The molecule has 2 aromatic rings. The lowest BCUT2D eigenvalue weighted by atomic mass is 10.2. The molecule has 0 aliphatic heterocycles. The van der Waals surface area contributed by atoms with Gasteiger partial charge in [0, 0.05) is 6.54 Å². The van der Waals surface area contributed by atoms with E-state index in [0.717, 1.165) is 12.1 Å². The van der Waals surface area contributed by atoms with Gasteiger partial charge in [-0.2, -0.15) is 5.10 Å². The highest BCUT2D eigenvalue weighted by Gasteiger charge is 2.17. The Labute approximate surface area is 117 Å². The maximum atomic E-state index is 12.3. The molecular formula is C12H17N5O2S. The fraction of sp³-hybridized carbons (Fsp3) is 0.333. The van der Waals surface area contributed by atoms with E-state index in [1.165, 1.54) is 6.33 Å². The van der Waals surface area contributed by atoms with E-state index in [1.54, 1.807) is 18.2 Å². The summed E-state index contributed by atoms with van der Waals surface area (Å²) in [4.78, 5) is 4.16. The fourth-order valence-corrected chi connectivity index (χ4v) is 2.95. The average Bonchev–Trinajstić information content (AvgIpc) is 2.97. The van der Waals surface area contributed by atoms with E-state index in [2.05, 4.69) is 25.2 Å². The number of nitrogens with one attached hydrogen (secondary N) is 3. The van der Waals surface area contributed by atoms with Gasteiger partial charge in [-0.3, -0.25) is 5.10 Å². The Morgan fingerprint density at radius 3 is 2.75 bits per heavy atom. The van der Waals surface area contributed by atoms with Crippen molar-refractivity contribution in [3.05, 3.63) is 42.0 Å². The molecule has 0 unspecified atom stereocenters. The highest BCUT2D eigenvalue weighted by molar-refractivity contribution is 7.89. The van der Waals surface area contributed by atoms with Gasteiger partial charge in [0.1, 0.15) is 12.2 Å². The smallest absolute Gasteiger partial charge is 0.241 e. The summed E-state index contributed by atoms with van der Waals surface area (Å²) in [6.45, 7) is 3.34. The van der Waals surface area contributed by atoms with E-state index in [-0.39, 0.29) is 11.4 Å². The first-order valence-electron chi connectivity index (χ1n) is 6.26. The van der Waals surface area contributed by atoms with Crippen molar-refractivity contribution in [3.8, 4) is 0 Å². The molecule has 0 aliphatic carbocycles. The zero-order chi connectivity index (χ0) is 14.4. The van der Waals surface area contributed by atoms with Crippen LogP contribution >= 0.6 is 0 Å². The molecule has 108 valence electrons. The van der Waals surface area contributed by atoms with Crippen LogP contribution in [0, 0.1) is 0 Å². The van der Waals surface area contributed by atoms with Crippen molar-refractivity contribution >= 4 is 10.0 Å². The second-order valence-corrected chi connectivity index (χ2v) is 5.88. The molecule has 0 spiro atoms. The van der Waals surface area contributed by atoms with E-state index in [0.29, 0.717) is 12.4 Å². The van der Waals surface area contributed by atoms with Gasteiger partial charge in [0.25, 0.3) is 0 Å². The van der Waals surface area contributed by atoms with Crippen LogP contribution in [0.2, 0.25) is 0 Å². The zero-order valence-electron chi connectivity index (χ0n) is 11.1. The largest absolute Gasteiger partial charge is 0.313 e. The van der Waals surface area contributed by atoms with Crippen molar-refractivity contribution in [2.75, 3.05) is 6.54 Å². The van der Waals surface area contributed by atoms with Crippen molar-refractivity contribution in [2.24, 2.45) is 0 Å². The minimum Gasteiger partial charge on any atom is -0.313 e. The minimum absolute atomic E-state index is 0.0812. The molecule has 0 aliphatic rings. The summed E-state index contributed by atoms with van der Waals surface area (Å²) < 4.78 is 27.1. The average molecular weight is 295 g/mol. The monoisotopic (exact) mass is 295 g/mol. The molecule has 1 aromatic carbocycles. The van der Waals surface area contributed by atoms with Gasteiger partial charge in [-0.25, -0.2) is 18.1 Å². The topological polar surface area (TPSA) is 99.8 Å². The van der Waals surface area contributed by atoms with Crippen LogP contribution in [0.1, 0.15) is 18.3 Å². The van der Waals surface area contributed by atoms with Gasteiger partial charge in [-0.1, -0.05) is 25.1 Å². The number of rotatable bonds is 7. The molecule has 0 saturated heterocycles.